The summed E-state index contributed by atoms with van der Waals surface area (Å²) >= 11 is 0. The van der Waals surface area contributed by atoms with Crippen molar-refractivity contribution in [2.24, 2.45) is 0 Å². The molecule has 1 fully saturated rings. The van der Waals surface area contributed by atoms with Crippen LogP contribution >= 0.6 is 0 Å². The topological polar surface area (TPSA) is 58.9 Å². The zero-order valence-corrected chi connectivity index (χ0v) is 19.5. The van der Waals surface area contributed by atoms with Crippen molar-refractivity contribution in [3.05, 3.63) is 90.1 Å². The van der Waals surface area contributed by atoms with Crippen LogP contribution in [0.15, 0.2) is 73.1 Å². The van der Waals surface area contributed by atoms with Crippen molar-refractivity contribution < 1.29 is 4.39 Å². The van der Waals surface area contributed by atoms with Crippen LogP contribution in [-0.4, -0.2) is 44.6 Å². The Morgan fingerprint density at radius 2 is 1.71 bits per heavy atom. The molecule has 1 N–H and O–H groups in total. The molecule has 6 nitrogen and oxygen atoms in total. The van der Waals surface area contributed by atoms with Gasteiger partial charge in [0.25, 0.3) is 0 Å². The van der Waals surface area contributed by atoms with Gasteiger partial charge in [-0.1, -0.05) is 30.3 Å². The molecule has 2 aromatic heterocycles. The van der Waals surface area contributed by atoms with Gasteiger partial charge in [-0.25, -0.2) is 14.4 Å². The highest BCUT2D eigenvalue weighted by Gasteiger charge is 2.23. The molecule has 2 aromatic carbocycles. The molecule has 0 amide bonds. The lowest BCUT2D eigenvalue weighted by Crippen LogP contribution is -2.29. The Balaban J connectivity index is 1.49. The molecule has 1 aliphatic rings. The smallest absolute Gasteiger partial charge is 0.225 e. The molecule has 0 radical (unpaired) electrons. The van der Waals surface area contributed by atoms with E-state index in [9.17, 15) is 4.39 Å². The third-order valence-electron chi connectivity index (χ3n) is 6.50. The number of piperidine rings is 1. The number of likely N-dealkylation sites (tertiary alicyclic amines) is 1. The van der Waals surface area contributed by atoms with Gasteiger partial charge in [-0.2, -0.15) is 4.98 Å². The predicted molar refractivity (Wildman–Crippen MR) is 132 cm³/mol. The lowest BCUT2D eigenvalue weighted by molar-refractivity contribution is 0.253. The number of anilines is 1. The standard InChI is InChI=1S/C27H29FN6/c1-19(20-6-4-3-5-7-20)30-27-29-15-12-25(32-27)34-18-24(21-13-16-33(2)17-14-21)31-26(34)22-8-10-23(28)11-9-22/h3-12,15,18-19,21H,13-14,16-17H2,1-2H3,(H,29,30,32)/t19-/m0/s1. The summed E-state index contributed by atoms with van der Waals surface area (Å²) in [6, 6.07) is 18.6. The Hall–Kier alpha value is -3.58. The number of rotatable bonds is 6. The summed E-state index contributed by atoms with van der Waals surface area (Å²) in [7, 11) is 2.16. The quantitative estimate of drug-likeness (QED) is 0.418. The summed E-state index contributed by atoms with van der Waals surface area (Å²) in [6.45, 7) is 4.20. The van der Waals surface area contributed by atoms with E-state index in [0.29, 0.717) is 11.9 Å². The molecule has 1 atom stereocenters. The lowest BCUT2D eigenvalue weighted by atomic mass is 9.94. The van der Waals surface area contributed by atoms with Gasteiger partial charge in [0.15, 0.2) is 0 Å². The van der Waals surface area contributed by atoms with E-state index in [1.54, 1.807) is 18.3 Å². The zero-order valence-electron chi connectivity index (χ0n) is 19.5. The highest BCUT2D eigenvalue weighted by Crippen LogP contribution is 2.31. The molecule has 0 unspecified atom stereocenters. The molecule has 4 aromatic rings. The summed E-state index contributed by atoms with van der Waals surface area (Å²) in [4.78, 5) is 16.6. The molecular formula is C27H29FN6. The maximum atomic E-state index is 13.6. The van der Waals surface area contributed by atoms with Gasteiger partial charge in [0.05, 0.1) is 11.7 Å². The van der Waals surface area contributed by atoms with Crippen LogP contribution < -0.4 is 5.32 Å². The van der Waals surface area contributed by atoms with Crippen LogP contribution in [0.25, 0.3) is 17.2 Å². The Morgan fingerprint density at radius 1 is 0.971 bits per heavy atom. The Bertz CT molecular complexity index is 1230. The van der Waals surface area contributed by atoms with Crippen LogP contribution in [0.5, 0.6) is 0 Å². The SMILES string of the molecule is C[C@H](Nc1nccc(-n2cc(C3CCN(C)CC3)nc2-c2ccc(F)cc2)n1)c1ccccc1. The molecule has 1 saturated heterocycles. The maximum absolute atomic E-state index is 13.6. The van der Waals surface area contributed by atoms with Crippen molar-refractivity contribution in [1.29, 1.82) is 0 Å². The molecule has 34 heavy (non-hydrogen) atoms. The van der Waals surface area contributed by atoms with Crippen molar-refractivity contribution >= 4 is 5.95 Å². The summed E-state index contributed by atoms with van der Waals surface area (Å²) in [6.07, 6.45) is 5.98. The number of hydrogen-bond donors (Lipinski definition) is 1. The van der Waals surface area contributed by atoms with Gasteiger partial charge in [0.2, 0.25) is 5.95 Å². The van der Waals surface area contributed by atoms with E-state index in [4.69, 9.17) is 9.97 Å². The Kier molecular flexibility index (Phi) is 6.36. The second-order valence-corrected chi connectivity index (χ2v) is 8.96. The van der Waals surface area contributed by atoms with E-state index in [1.165, 1.54) is 12.1 Å². The van der Waals surface area contributed by atoms with Crippen LogP contribution in [-0.2, 0) is 0 Å². The first-order valence-electron chi connectivity index (χ1n) is 11.8. The fraction of sp³-hybridized carbons (Fsp3) is 0.296. The number of hydrogen-bond acceptors (Lipinski definition) is 5. The largest absolute Gasteiger partial charge is 0.348 e. The Morgan fingerprint density at radius 3 is 2.44 bits per heavy atom. The number of imidazole rings is 1. The van der Waals surface area contributed by atoms with Gasteiger partial charge in [-0.15, -0.1) is 0 Å². The van der Waals surface area contributed by atoms with Crippen molar-refractivity contribution in [2.45, 2.75) is 31.7 Å². The highest BCUT2D eigenvalue weighted by molar-refractivity contribution is 5.59. The van der Waals surface area contributed by atoms with Gasteiger partial charge in [-0.05, 0) is 75.8 Å². The molecule has 0 aliphatic carbocycles. The summed E-state index contributed by atoms with van der Waals surface area (Å²) < 4.78 is 15.6. The molecule has 0 bridgehead atoms. The fourth-order valence-corrected chi connectivity index (χ4v) is 4.45. The molecule has 7 heteroatoms. The first kappa shape index (κ1) is 22.2. The van der Waals surface area contributed by atoms with Gasteiger partial charge in [-0.3, -0.25) is 4.57 Å². The number of nitrogens with zero attached hydrogens (tertiary/aromatic N) is 5. The van der Waals surface area contributed by atoms with Crippen molar-refractivity contribution in [3.63, 3.8) is 0 Å². The van der Waals surface area contributed by atoms with E-state index >= 15 is 0 Å². The third kappa shape index (κ3) is 4.84. The summed E-state index contributed by atoms with van der Waals surface area (Å²) in [5, 5.41) is 3.40. The van der Waals surface area contributed by atoms with Gasteiger partial charge in [0.1, 0.15) is 17.5 Å². The molecule has 174 valence electrons. The van der Waals surface area contributed by atoms with E-state index in [1.807, 2.05) is 28.8 Å². The van der Waals surface area contributed by atoms with Gasteiger partial charge in [0, 0.05) is 23.9 Å². The minimum atomic E-state index is -0.263. The lowest BCUT2D eigenvalue weighted by Gasteiger charge is -2.27. The van der Waals surface area contributed by atoms with Crippen LogP contribution in [0, 0.1) is 5.82 Å². The first-order chi connectivity index (χ1) is 16.6. The van der Waals surface area contributed by atoms with Crippen molar-refractivity contribution in [2.75, 3.05) is 25.5 Å². The van der Waals surface area contributed by atoms with Crippen LogP contribution in [0.1, 0.15) is 43.0 Å². The van der Waals surface area contributed by atoms with Crippen LogP contribution in [0.2, 0.25) is 0 Å². The van der Waals surface area contributed by atoms with Crippen LogP contribution in [0.4, 0.5) is 10.3 Å². The number of nitrogens with one attached hydrogen (secondary N) is 1. The fourth-order valence-electron chi connectivity index (χ4n) is 4.45. The average Bonchev–Trinajstić information content (AvgIpc) is 3.31. The van der Waals surface area contributed by atoms with E-state index in [0.717, 1.165) is 54.4 Å². The maximum Gasteiger partial charge on any atom is 0.225 e. The van der Waals surface area contributed by atoms with Crippen molar-refractivity contribution in [1.82, 2.24) is 24.4 Å². The van der Waals surface area contributed by atoms with Gasteiger partial charge >= 0.3 is 0 Å². The van der Waals surface area contributed by atoms with Gasteiger partial charge < -0.3 is 10.2 Å². The molecule has 0 spiro atoms. The second-order valence-electron chi connectivity index (χ2n) is 8.96. The average molecular weight is 457 g/mol. The monoisotopic (exact) mass is 456 g/mol. The van der Waals surface area contributed by atoms with Crippen LogP contribution in [0.3, 0.4) is 0 Å². The summed E-state index contributed by atoms with van der Waals surface area (Å²) in [5.41, 5.74) is 3.07. The second kappa shape index (κ2) is 9.73. The predicted octanol–water partition coefficient (Wildman–Crippen LogP) is 5.45. The van der Waals surface area contributed by atoms with E-state index in [2.05, 4.69) is 47.5 Å². The summed E-state index contributed by atoms with van der Waals surface area (Å²) in [5.74, 6) is 2.17. The molecular weight excluding hydrogens is 427 g/mol. The van der Waals surface area contributed by atoms with E-state index < -0.39 is 0 Å². The van der Waals surface area contributed by atoms with Crippen molar-refractivity contribution in [3.8, 4) is 17.2 Å². The molecule has 0 saturated carbocycles. The Labute approximate surface area is 199 Å². The minimum Gasteiger partial charge on any atom is -0.348 e. The highest BCUT2D eigenvalue weighted by atomic mass is 19.1. The minimum absolute atomic E-state index is 0.0607. The molecule has 5 rings (SSSR count). The molecule has 3 heterocycles. The number of benzene rings is 2. The zero-order chi connectivity index (χ0) is 23.5. The number of halogens is 1. The first-order valence-corrected chi connectivity index (χ1v) is 11.8. The molecule has 1 aliphatic heterocycles. The van der Waals surface area contributed by atoms with E-state index in [-0.39, 0.29) is 11.9 Å². The number of aromatic nitrogens is 4. The normalized spacial score (nSPS) is 15.9. The third-order valence-corrected chi connectivity index (χ3v) is 6.50.